The van der Waals surface area contributed by atoms with Crippen molar-refractivity contribution in [2.24, 2.45) is 0 Å². The molecule has 2 rings (SSSR count). The fourth-order valence-corrected chi connectivity index (χ4v) is 4.34. The molecule has 29 heavy (non-hydrogen) atoms. The summed E-state index contributed by atoms with van der Waals surface area (Å²) in [6.07, 6.45) is 1.24. The van der Waals surface area contributed by atoms with Gasteiger partial charge in [0.25, 0.3) is 0 Å². The number of benzene rings is 2. The Bertz CT molecular complexity index is 941. The Balaban J connectivity index is 2.13. The predicted octanol–water partition coefficient (Wildman–Crippen LogP) is 3.28. The lowest BCUT2D eigenvalue weighted by atomic mass is 10.2. The molecule has 0 saturated carbocycles. The number of carbonyl (C=O) groups excluding carboxylic acids is 1. The molecule has 2 aromatic carbocycles. The van der Waals surface area contributed by atoms with E-state index in [1.807, 2.05) is 42.3 Å². The average molecular weight is 442 g/mol. The molecule has 9 heteroatoms. The van der Waals surface area contributed by atoms with E-state index < -0.39 is 27.8 Å². The van der Waals surface area contributed by atoms with E-state index in [9.17, 15) is 17.6 Å². The lowest BCUT2D eigenvalue weighted by Crippen LogP contribution is -2.50. The Morgan fingerprint density at radius 1 is 1.17 bits per heavy atom. The second-order valence-corrected chi connectivity index (χ2v) is 8.90. The third-order valence-electron chi connectivity index (χ3n) is 4.43. The zero-order valence-corrected chi connectivity index (χ0v) is 18.2. The molecule has 0 aromatic heterocycles. The molecular formula is C20H25ClFN3O3S. The van der Waals surface area contributed by atoms with Gasteiger partial charge in [-0.25, -0.2) is 12.8 Å². The minimum Gasteiger partial charge on any atom is -0.373 e. The van der Waals surface area contributed by atoms with Crippen LogP contribution < -0.4 is 14.5 Å². The van der Waals surface area contributed by atoms with E-state index in [-0.39, 0.29) is 17.1 Å². The van der Waals surface area contributed by atoms with Crippen LogP contribution in [0.4, 0.5) is 15.8 Å². The van der Waals surface area contributed by atoms with Crippen LogP contribution in [-0.2, 0) is 14.8 Å². The highest BCUT2D eigenvalue weighted by Gasteiger charge is 2.31. The van der Waals surface area contributed by atoms with E-state index in [0.717, 1.165) is 22.3 Å². The van der Waals surface area contributed by atoms with E-state index in [0.29, 0.717) is 13.1 Å². The number of sulfonamides is 1. The predicted molar refractivity (Wildman–Crippen MR) is 116 cm³/mol. The molecule has 1 amide bonds. The van der Waals surface area contributed by atoms with Crippen molar-refractivity contribution in [2.45, 2.75) is 19.4 Å². The molecule has 1 N–H and O–H groups in total. The van der Waals surface area contributed by atoms with Crippen LogP contribution in [-0.4, -0.2) is 46.8 Å². The number of anilines is 2. The molecule has 6 nitrogen and oxygen atoms in total. The fourth-order valence-electron chi connectivity index (χ4n) is 2.96. The smallest absolute Gasteiger partial charge is 0.243 e. The first-order valence-electron chi connectivity index (χ1n) is 9.13. The molecule has 0 heterocycles. The molecule has 0 fully saturated rings. The lowest BCUT2D eigenvalue weighted by molar-refractivity contribution is -0.122. The number of carbonyl (C=O) groups is 1. The highest BCUT2D eigenvalue weighted by molar-refractivity contribution is 7.92. The molecule has 0 aliphatic rings. The lowest BCUT2D eigenvalue weighted by Gasteiger charge is -2.30. The van der Waals surface area contributed by atoms with Crippen LogP contribution >= 0.6 is 11.6 Å². The first-order chi connectivity index (χ1) is 13.6. The van der Waals surface area contributed by atoms with Gasteiger partial charge in [0.1, 0.15) is 11.9 Å². The van der Waals surface area contributed by atoms with Gasteiger partial charge < -0.3 is 10.2 Å². The number of nitrogens with one attached hydrogen (secondary N) is 1. The standard InChI is InChI=1S/C20H25ClFN3O3S/c1-4-19(20(26)23-12-13-24(2)15-8-6-5-7-9-15)25(29(3,27)28)16-10-11-18(22)17(21)14-16/h5-11,14,19H,4,12-13H2,1-3H3,(H,23,26)/t19-/m0/s1. The summed E-state index contributed by atoms with van der Waals surface area (Å²) in [5.41, 5.74) is 1.15. The van der Waals surface area contributed by atoms with Crippen LogP contribution in [0.25, 0.3) is 0 Å². The summed E-state index contributed by atoms with van der Waals surface area (Å²) in [4.78, 5) is 14.7. The number of rotatable bonds is 9. The normalized spacial score (nSPS) is 12.3. The van der Waals surface area contributed by atoms with Gasteiger partial charge in [-0.2, -0.15) is 0 Å². The van der Waals surface area contributed by atoms with Crippen molar-refractivity contribution in [3.63, 3.8) is 0 Å². The summed E-state index contributed by atoms with van der Waals surface area (Å²) >= 11 is 5.81. The van der Waals surface area contributed by atoms with Crippen molar-refractivity contribution in [3.05, 3.63) is 59.4 Å². The van der Waals surface area contributed by atoms with E-state index in [1.54, 1.807) is 6.92 Å². The van der Waals surface area contributed by atoms with Gasteiger partial charge >= 0.3 is 0 Å². The molecule has 0 spiro atoms. The van der Waals surface area contributed by atoms with Crippen LogP contribution in [0.2, 0.25) is 5.02 Å². The zero-order chi connectivity index (χ0) is 21.6. The van der Waals surface area contributed by atoms with E-state index >= 15 is 0 Å². The number of amides is 1. The van der Waals surface area contributed by atoms with Gasteiger partial charge in [0, 0.05) is 25.8 Å². The highest BCUT2D eigenvalue weighted by Crippen LogP contribution is 2.27. The monoisotopic (exact) mass is 441 g/mol. The summed E-state index contributed by atoms with van der Waals surface area (Å²) in [5.74, 6) is -1.09. The second kappa shape index (κ2) is 9.93. The first-order valence-corrected chi connectivity index (χ1v) is 11.4. The van der Waals surface area contributed by atoms with Gasteiger partial charge in [-0.3, -0.25) is 9.10 Å². The Labute approximate surface area is 176 Å². The van der Waals surface area contributed by atoms with E-state index in [4.69, 9.17) is 11.6 Å². The minimum absolute atomic E-state index is 0.141. The Hall–Kier alpha value is -2.32. The Morgan fingerprint density at radius 2 is 1.83 bits per heavy atom. The third kappa shape index (κ3) is 6.08. The Morgan fingerprint density at radius 3 is 2.38 bits per heavy atom. The summed E-state index contributed by atoms with van der Waals surface area (Å²) in [5, 5.41) is 2.58. The van der Waals surface area contributed by atoms with Gasteiger partial charge in [-0.15, -0.1) is 0 Å². The van der Waals surface area contributed by atoms with E-state index in [2.05, 4.69) is 5.32 Å². The fraction of sp³-hybridized carbons (Fsp3) is 0.350. The average Bonchev–Trinajstić information content (AvgIpc) is 2.67. The number of para-hydroxylation sites is 1. The van der Waals surface area contributed by atoms with Crippen LogP contribution in [0.3, 0.4) is 0 Å². The largest absolute Gasteiger partial charge is 0.373 e. The van der Waals surface area contributed by atoms with Gasteiger partial charge in [0.15, 0.2) is 0 Å². The maximum absolute atomic E-state index is 13.5. The maximum Gasteiger partial charge on any atom is 0.243 e. The molecule has 0 radical (unpaired) electrons. The molecule has 0 bridgehead atoms. The van der Waals surface area contributed by atoms with Crippen molar-refractivity contribution in [2.75, 3.05) is 35.6 Å². The summed E-state index contributed by atoms with van der Waals surface area (Å²) < 4.78 is 39.3. The molecule has 0 unspecified atom stereocenters. The van der Waals surface area contributed by atoms with Crippen molar-refractivity contribution in [1.29, 1.82) is 0 Å². The highest BCUT2D eigenvalue weighted by atomic mass is 35.5. The molecule has 1 atom stereocenters. The number of hydrogen-bond acceptors (Lipinski definition) is 4. The number of nitrogens with zero attached hydrogens (tertiary/aromatic N) is 2. The van der Waals surface area contributed by atoms with Crippen molar-refractivity contribution < 1.29 is 17.6 Å². The van der Waals surface area contributed by atoms with Crippen molar-refractivity contribution in [1.82, 2.24) is 5.32 Å². The van der Waals surface area contributed by atoms with Crippen LogP contribution in [0.1, 0.15) is 13.3 Å². The molecule has 158 valence electrons. The molecule has 2 aromatic rings. The zero-order valence-electron chi connectivity index (χ0n) is 16.6. The van der Waals surface area contributed by atoms with Crippen molar-refractivity contribution in [3.8, 4) is 0 Å². The maximum atomic E-state index is 13.5. The van der Waals surface area contributed by atoms with Gasteiger partial charge in [-0.05, 0) is 36.8 Å². The third-order valence-corrected chi connectivity index (χ3v) is 5.90. The molecule has 0 saturated heterocycles. The summed E-state index contributed by atoms with van der Waals surface area (Å²) in [6.45, 7) is 2.60. The second-order valence-electron chi connectivity index (χ2n) is 6.63. The topological polar surface area (TPSA) is 69.7 Å². The molecule has 0 aliphatic carbocycles. The van der Waals surface area contributed by atoms with Gasteiger partial charge in [0.05, 0.1) is 17.0 Å². The molecule has 0 aliphatic heterocycles. The number of hydrogen-bond donors (Lipinski definition) is 1. The van der Waals surface area contributed by atoms with E-state index in [1.165, 1.54) is 12.1 Å². The first kappa shape index (κ1) is 23.0. The quantitative estimate of drug-likeness (QED) is 0.648. The summed E-state index contributed by atoms with van der Waals surface area (Å²) in [6, 6.07) is 12.3. The Kier molecular flexibility index (Phi) is 7.87. The summed E-state index contributed by atoms with van der Waals surface area (Å²) in [7, 11) is -1.90. The number of likely N-dealkylation sites (N-methyl/N-ethyl adjacent to an activating group) is 1. The molecular weight excluding hydrogens is 417 g/mol. The van der Waals surface area contributed by atoms with Crippen molar-refractivity contribution >= 4 is 38.9 Å². The van der Waals surface area contributed by atoms with Crippen LogP contribution in [0, 0.1) is 5.82 Å². The SMILES string of the molecule is CC[C@@H](C(=O)NCCN(C)c1ccccc1)N(c1ccc(F)c(Cl)c1)S(C)(=O)=O. The van der Waals surface area contributed by atoms with Crippen LogP contribution in [0.15, 0.2) is 48.5 Å². The van der Waals surface area contributed by atoms with Gasteiger partial charge in [0.2, 0.25) is 15.9 Å². The van der Waals surface area contributed by atoms with Gasteiger partial charge in [-0.1, -0.05) is 36.7 Å². The number of halogens is 2. The minimum atomic E-state index is -3.81. The van der Waals surface area contributed by atoms with Crippen LogP contribution in [0.5, 0.6) is 0 Å².